The standard InChI is InChI=1S/C10H9BrN4O2S/c11-8-6-13-4-3-9(8)15-18(16,17)7-1-2-10(12)14-5-7/h1-6H,(H2,12,14)(H,13,15). The van der Waals surface area contributed by atoms with Gasteiger partial charge in [0.25, 0.3) is 10.0 Å². The zero-order chi connectivity index (χ0) is 13.2. The molecular formula is C10H9BrN4O2S. The minimum absolute atomic E-state index is 0.0420. The number of sulfonamides is 1. The van der Waals surface area contributed by atoms with Crippen LogP contribution in [0.25, 0.3) is 0 Å². The van der Waals surface area contributed by atoms with Gasteiger partial charge in [-0.2, -0.15) is 0 Å². The Hall–Kier alpha value is -1.67. The van der Waals surface area contributed by atoms with E-state index in [2.05, 4.69) is 30.6 Å². The second kappa shape index (κ2) is 4.91. The van der Waals surface area contributed by atoms with Gasteiger partial charge in [0.1, 0.15) is 10.7 Å². The minimum atomic E-state index is -3.68. The van der Waals surface area contributed by atoms with Crippen molar-refractivity contribution >= 4 is 37.5 Å². The van der Waals surface area contributed by atoms with Gasteiger partial charge in [-0.15, -0.1) is 0 Å². The van der Waals surface area contributed by atoms with E-state index in [1.807, 2.05) is 0 Å². The Morgan fingerprint density at radius 1 is 1.22 bits per heavy atom. The molecule has 0 saturated carbocycles. The summed E-state index contributed by atoms with van der Waals surface area (Å²) < 4.78 is 27.0. The van der Waals surface area contributed by atoms with Gasteiger partial charge in [0.2, 0.25) is 0 Å². The van der Waals surface area contributed by atoms with Crippen LogP contribution in [0.5, 0.6) is 0 Å². The zero-order valence-corrected chi connectivity index (χ0v) is 11.4. The predicted octanol–water partition coefficient (Wildman–Crippen LogP) is 1.62. The van der Waals surface area contributed by atoms with E-state index < -0.39 is 10.0 Å². The van der Waals surface area contributed by atoms with Crippen LogP contribution in [0.2, 0.25) is 0 Å². The normalized spacial score (nSPS) is 11.2. The quantitative estimate of drug-likeness (QED) is 0.892. The van der Waals surface area contributed by atoms with Gasteiger partial charge in [0.05, 0.1) is 10.2 Å². The van der Waals surface area contributed by atoms with E-state index >= 15 is 0 Å². The molecule has 18 heavy (non-hydrogen) atoms. The fourth-order valence-electron chi connectivity index (χ4n) is 1.21. The van der Waals surface area contributed by atoms with E-state index in [9.17, 15) is 8.42 Å². The first-order valence-corrected chi connectivity index (χ1v) is 7.10. The summed E-state index contributed by atoms with van der Waals surface area (Å²) in [5, 5.41) is 0. The summed E-state index contributed by atoms with van der Waals surface area (Å²) >= 11 is 3.21. The van der Waals surface area contributed by atoms with Crippen molar-refractivity contribution in [2.75, 3.05) is 10.5 Å². The number of anilines is 2. The predicted molar refractivity (Wildman–Crippen MR) is 71.4 cm³/mol. The number of hydrogen-bond donors (Lipinski definition) is 2. The molecule has 0 amide bonds. The molecule has 0 aliphatic rings. The molecule has 0 fully saturated rings. The first-order chi connectivity index (χ1) is 8.49. The second-order valence-corrected chi connectivity index (χ2v) is 5.92. The second-order valence-electron chi connectivity index (χ2n) is 3.38. The maximum Gasteiger partial charge on any atom is 0.263 e. The fraction of sp³-hybridized carbons (Fsp3) is 0. The lowest BCUT2D eigenvalue weighted by Crippen LogP contribution is -2.13. The van der Waals surface area contributed by atoms with Gasteiger partial charge < -0.3 is 5.73 Å². The Balaban J connectivity index is 2.33. The van der Waals surface area contributed by atoms with Crippen LogP contribution in [0.15, 0.2) is 46.2 Å². The molecule has 0 aliphatic carbocycles. The molecule has 3 N–H and O–H groups in total. The topological polar surface area (TPSA) is 98.0 Å². The molecule has 0 unspecified atom stereocenters. The maximum absolute atomic E-state index is 12.0. The van der Waals surface area contributed by atoms with Crippen molar-refractivity contribution < 1.29 is 8.42 Å². The number of pyridine rings is 2. The van der Waals surface area contributed by atoms with Crippen LogP contribution in [-0.2, 0) is 10.0 Å². The SMILES string of the molecule is Nc1ccc(S(=O)(=O)Nc2ccncc2Br)cn1. The smallest absolute Gasteiger partial charge is 0.263 e. The molecule has 6 nitrogen and oxygen atoms in total. The Morgan fingerprint density at radius 3 is 2.61 bits per heavy atom. The molecule has 2 rings (SSSR count). The van der Waals surface area contributed by atoms with Crippen LogP contribution in [-0.4, -0.2) is 18.4 Å². The van der Waals surface area contributed by atoms with E-state index in [1.165, 1.54) is 30.7 Å². The molecule has 2 aromatic heterocycles. The summed E-state index contributed by atoms with van der Waals surface area (Å²) in [7, 11) is -3.68. The van der Waals surface area contributed by atoms with Crippen molar-refractivity contribution in [1.29, 1.82) is 0 Å². The lowest BCUT2D eigenvalue weighted by molar-refractivity contribution is 0.601. The third-order valence-corrected chi connectivity index (χ3v) is 4.07. The van der Waals surface area contributed by atoms with Crippen LogP contribution >= 0.6 is 15.9 Å². The zero-order valence-electron chi connectivity index (χ0n) is 9.04. The number of nitrogens with one attached hydrogen (secondary N) is 1. The van der Waals surface area contributed by atoms with Crippen LogP contribution < -0.4 is 10.5 Å². The molecule has 0 bridgehead atoms. The van der Waals surface area contributed by atoms with Gasteiger partial charge >= 0.3 is 0 Å². The first-order valence-electron chi connectivity index (χ1n) is 4.83. The van der Waals surface area contributed by atoms with Crippen molar-refractivity contribution in [2.45, 2.75) is 4.90 Å². The summed E-state index contributed by atoms with van der Waals surface area (Å²) in [4.78, 5) is 7.63. The number of rotatable bonds is 3. The highest BCUT2D eigenvalue weighted by Crippen LogP contribution is 2.23. The summed E-state index contributed by atoms with van der Waals surface area (Å²) in [5.74, 6) is 0.263. The largest absolute Gasteiger partial charge is 0.384 e. The average Bonchev–Trinajstić information content (AvgIpc) is 2.32. The van der Waals surface area contributed by atoms with Gasteiger partial charge in [-0.1, -0.05) is 0 Å². The summed E-state index contributed by atoms with van der Waals surface area (Å²) in [5.41, 5.74) is 5.81. The number of nitrogens with zero attached hydrogens (tertiary/aromatic N) is 2. The highest BCUT2D eigenvalue weighted by Gasteiger charge is 2.15. The van der Waals surface area contributed by atoms with Gasteiger partial charge in [0, 0.05) is 18.6 Å². The van der Waals surface area contributed by atoms with Crippen molar-refractivity contribution in [3.05, 3.63) is 41.3 Å². The van der Waals surface area contributed by atoms with Crippen LogP contribution in [0.3, 0.4) is 0 Å². The average molecular weight is 329 g/mol. The molecule has 0 spiro atoms. The molecule has 8 heteroatoms. The van der Waals surface area contributed by atoms with Gasteiger partial charge in [-0.3, -0.25) is 9.71 Å². The summed E-state index contributed by atoms with van der Waals surface area (Å²) in [6, 6.07) is 4.36. The van der Waals surface area contributed by atoms with Crippen LogP contribution in [0, 0.1) is 0 Å². The Bertz CT molecular complexity index is 658. The minimum Gasteiger partial charge on any atom is -0.384 e. The molecule has 94 valence electrons. The Labute approximate surface area is 112 Å². The monoisotopic (exact) mass is 328 g/mol. The van der Waals surface area contributed by atoms with E-state index in [0.29, 0.717) is 10.2 Å². The van der Waals surface area contributed by atoms with Crippen LogP contribution in [0.4, 0.5) is 11.5 Å². The Kier molecular flexibility index (Phi) is 3.48. The van der Waals surface area contributed by atoms with Crippen molar-refractivity contribution in [3.63, 3.8) is 0 Å². The molecule has 0 aliphatic heterocycles. The Morgan fingerprint density at radius 2 is 2.00 bits per heavy atom. The highest BCUT2D eigenvalue weighted by atomic mass is 79.9. The molecule has 0 saturated heterocycles. The van der Waals surface area contributed by atoms with E-state index in [-0.39, 0.29) is 10.7 Å². The fourth-order valence-corrected chi connectivity index (χ4v) is 2.72. The van der Waals surface area contributed by atoms with Gasteiger partial charge in [-0.25, -0.2) is 13.4 Å². The number of nitrogens with two attached hydrogens (primary N) is 1. The number of aromatic nitrogens is 2. The summed E-state index contributed by atoms with van der Waals surface area (Å²) in [6.45, 7) is 0. The molecular weight excluding hydrogens is 320 g/mol. The molecule has 0 radical (unpaired) electrons. The van der Waals surface area contributed by atoms with E-state index in [4.69, 9.17) is 5.73 Å². The maximum atomic E-state index is 12.0. The molecule has 0 atom stereocenters. The van der Waals surface area contributed by atoms with Crippen molar-refractivity contribution in [1.82, 2.24) is 9.97 Å². The van der Waals surface area contributed by atoms with Gasteiger partial charge in [-0.05, 0) is 34.1 Å². The third kappa shape index (κ3) is 2.77. The lowest BCUT2D eigenvalue weighted by Gasteiger charge is -2.08. The lowest BCUT2D eigenvalue weighted by atomic mass is 10.4. The van der Waals surface area contributed by atoms with Crippen molar-refractivity contribution in [2.24, 2.45) is 0 Å². The van der Waals surface area contributed by atoms with E-state index in [0.717, 1.165) is 0 Å². The van der Waals surface area contributed by atoms with Gasteiger partial charge in [0.15, 0.2) is 0 Å². The molecule has 2 aromatic rings. The summed E-state index contributed by atoms with van der Waals surface area (Å²) in [6.07, 6.45) is 4.19. The third-order valence-electron chi connectivity index (χ3n) is 2.09. The van der Waals surface area contributed by atoms with Crippen LogP contribution in [0.1, 0.15) is 0 Å². The first kappa shape index (κ1) is 12.8. The van der Waals surface area contributed by atoms with E-state index in [1.54, 1.807) is 6.07 Å². The number of nitrogen functional groups attached to an aromatic ring is 1. The molecule has 2 heterocycles. The molecule has 0 aromatic carbocycles. The highest BCUT2D eigenvalue weighted by molar-refractivity contribution is 9.10. The van der Waals surface area contributed by atoms with Crippen molar-refractivity contribution in [3.8, 4) is 0 Å². The number of halogens is 1. The number of hydrogen-bond acceptors (Lipinski definition) is 5.